The Morgan fingerprint density at radius 3 is 2.60 bits per heavy atom. The normalized spacial score (nSPS) is 10.7. The van der Waals surface area contributed by atoms with Crippen LogP contribution < -0.4 is 0 Å². The van der Waals surface area contributed by atoms with Gasteiger partial charge in [-0.25, -0.2) is 0 Å². The van der Waals surface area contributed by atoms with Crippen LogP contribution in [0.3, 0.4) is 0 Å². The van der Waals surface area contributed by atoms with Crippen LogP contribution >= 0.6 is 0 Å². The average molecular weight is 272 g/mol. The second-order valence-electron chi connectivity index (χ2n) is 3.98. The summed E-state index contributed by atoms with van der Waals surface area (Å²) >= 11 is 0. The molecule has 0 unspecified atom stereocenters. The SMILES string of the molecule is Cc1n[nH]nc1-c1nc(-c2ccc([N+](=O)[O-])cc2)no1. The highest BCUT2D eigenvalue weighted by Gasteiger charge is 2.16. The summed E-state index contributed by atoms with van der Waals surface area (Å²) in [5.41, 5.74) is 1.74. The zero-order valence-electron chi connectivity index (χ0n) is 10.3. The molecule has 0 aliphatic carbocycles. The minimum atomic E-state index is -0.468. The van der Waals surface area contributed by atoms with Crippen LogP contribution in [0.2, 0.25) is 0 Å². The van der Waals surface area contributed by atoms with E-state index in [0.29, 0.717) is 22.8 Å². The number of aryl methyl sites for hydroxylation is 1. The molecule has 0 aliphatic rings. The lowest BCUT2D eigenvalue weighted by atomic mass is 10.2. The number of hydrogen-bond donors (Lipinski definition) is 1. The van der Waals surface area contributed by atoms with E-state index in [9.17, 15) is 10.1 Å². The van der Waals surface area contributed by atoms with Gasteiger partial charge in [0.15, 0.2) is 5.69 Å². The highest BCUT2D eigenvalue weighted by molar-refractivity contribution is 5.59. The fourth-order valence-electron chi connectivity index (χ4n) is 1.66. The predicted octanol–water partition coefficient (Wildman–Crippen LogP) is 1.74. The van der Waals surface area contributed by atoms with Crippen LogP contribution in [0.25, 0.3) is 23.0 Å². The Hall–Kier alpha value is -3.10. The van der Waals surface area contributed by atoms with Gasteiger partial charge in [-0.3, -0.25) is 10.1 Å². The van der Waals surface area contributed by atoms with Gasteiger partial charge >= 0.3 is 0 Å². The number of hydrogen-bond acceptors (Lipinski definition) is 7. The molecular formula is C11H8N6O3. The summed E-state index contributed by atoms with van der Waals surface area (Å²) in [4.78, 5) is 14.3. The highest BCUT2D eigenvalue weighted by Crippen LogP contribution is 2.23. The number of nitrogens with zero attached hydrogens (tertiary/aromatic N) is 5. The van der Waals surface area contributed by atoms with Crippen LogP contribution in [0.15, 0.2) is 28.8 Å². The zero-order valence-corrected chi connectivity index (χ0v) is 10.3. The maximum atomic E-state index is 10.6. The average Bonchev–Trinajstić information content (AvgIpc) is 3.07. The first-order valence-electron chi connectivity index (χ1n) is 5.61. The molecule has 3 rings (SSSR count). The van der Waals surface area contributed by atoms with Crippen LogP contribution in [-0.2, 0) is 0 Å². The van der Waals surface area contributed by atoms with E-state index in [-0.39, 0.29) is 11.6 Å². The Labute approximate surface area is 111 Å². The van der Waals surface area contributed by atoms with Crippen molar-refractivity contribution in [2.24, 2.45) is 0 Å². The molecule has 0 atom stereocenters. The molecule has 0 saturated carbocycles. The van der Waals surface area contributed by atoms with Crippen molar-refractivity contribution < 1.29 is 9.45 Å². The molecule has 0 amide bonds. The van der Waals surface area contributed by atoms with Gasteiger partial charge < -0.3 is 4.52 Å². The molecule has 0 bridgehead atoms. The fourth-order valence-corrected chi connectivity index (χ4v) is 1.66. The van der Waals surface area contributed by atoms with Crippen LogP contribution in [-0.4, -0.2) is 30.5 Å². The molecule has 100 valence electrons. The van der Waals surface area contributed by atoms with Gasteiger partial charge in [0, 0.05) is 17.7 Å². The van der Waals surface area contributed by atoms with Crippen molar-refractivity contribution in [1.29, 1.82) is 0 Å². The molecule has 2 heterocycles. The van der Waals surface area contributed by atoms with Crippen molar-refractivity contribution in [2.75, 3.05) is 0 Å². The smallest absolute Gasteiger partial charge is 0.280 e. The largest absolute Gasteiger partial charge is 0.332 e. The highest BCUT2D eigenvalue weighted by atomic mass is 16.6. The second-order valence-corrected chi connectivity index (χ2v) is 3.98. The predicted molar refractivity (Wildman–Crippen MR) is 66.5 cm³/mol. The van der Waals surface area contributed by atoms with E-state index >= 15 is 0 Å². The maximum absolute atomic E-state index is 10.6. The summed E-state index contributed by atoms with van der Waals surface area (Å²) in [6.07, 6.45) is 0. The minimum Gasteiger partial charge on any atom is -0.332 e. The molecule has 0 fully saturated rings. The molecule has 0 radical (unpaired) electrons. The maximum Gasteiger partial charge on any atom is 0.280 e. The van der Waals surface area contributed by atoms with Gasteiger partial charge in [0.05, 0.1) is 10.6 Å². The number of aromatic nitrogens is 5. The quantitative estimate of drug-likeness (QED) is 0.568. The van der Waals surface area contributed by atoms with Crippen molar-refractivity contribution in [3.8, 4) is 23.0 Å². The van der Waals surface area contributed by atoms with Crippen LogP contribution in [0.4, 0.5) is 5.69 Å². The number of nitrogens with one attached hydrogen (secondary N) is 1. The van der Waals surface area contributed by atoms with Gasteiger partial charge in [-0.1, -0.05) is 5.16 Å². The number of non-ortho nitro benzene ring substituents is 1. The molecule has 9 nitrogen and oxygen atoms in total. The third-order valence-electron chi connectivity index (χ3n) is 2.69. The Balaban J connectivity index is 1.94. The molecule has 20 heavy (non-hydrogen) atoms. The zero-order chi connectivity index (χ0) is 14.1. The second kappa shape index (κ2) is 4.53. The van der Waals surface area contributed by atoms with Gasteiger partial charge in [-0.15, -0.1) is 0 Å². The van der Waals surface area contributed by atoms with E-state index < -0.39 is 4.92 Å². The van der Waals surface area contributed by atoms with Crippen LogP contribution in [0.5, 0.6) is 0 Å². The van der Waals surface area contributed by atoms with E-state index in [0.717, 1.165) is 0 Å². The van der Waals surface area contributed by atoms with Crippen LogP contribution in [0, 0.1) is 17.0 Å². The first kappa shape index (κ1) is 12.0. The first-order valence-corrected chi connectivity index (χ1v) is 5.61. The van der Waals surface area contributed by atoms with Gasteiger partial charge in [-0.2, -0.15) is 20.4 Å². The molecule has 9 heteroatoms. The third-order valence-corrected chi connectivity index (χ3v) is 2.69. The molecule has 2 aromatic heterocycles. The van der Waals surface area contributed by atoms with E-state index in [1.54, 1.807) is 19.1 Å². The van der Waals surface area contributed by atoms with Crippen molar-refractivity contribution in [2.45, 2.75) is 6.92 Å². The lowest BCUT2D eigenvalue weighted by Gasteiger charge is -1.93. The first-order chi connectivity index (χ1) is 9.65. The summed E-state index contributed by atoms with van der Waals surface area (Å²) < 4.78 is 5.10. The van der Waals surface area contributed by atoms with Gasteiger partial charge in [0.25, 0.3) is 11.6 Å². The summed E-state index contributed by atoms with van der Waals surface area (Å²) in [6, 6.07) is 5.88. The topological polar surface area (TPSA) is 124 Å². The molecule has 1 aromatic carbocycles. The van der Waals surface area contributed by atoms with E-state index in [1.165, 1.54) is 12.1 Å². The Kier molecular flexibility index (Phi) is 2.71. The van der Waals surface area contributed by atoms with Gasteiger partial charge in [-0.05, 0) is 19.1 Å². The molecule has 1 N–H and O–H groups in total. The van der Waals surface area contributed by atoms with Crippen molar-refractivity contribution in [1.82, 2.24) is 25.6 Å². The van der Waals surface area contributed by atoms with Gasteiger partial charge in [0.2, 0.25) is 5.82 Å². The molecule has 0 aliphatic heterocycles. The molecule has 0 saturated heterocycles. The van der Waals surface area contributed by atoms with Crippen molar-refractivity contribution in [3.05, 3.63) is 40.1 Å². The number of nitro groups is 1. The Bertz CT molecular complexity index is 761. The lowest BCUT2D eigenvalue weighted by Crippen LogP contribution is -1.88. The minimum absolute atomic E-state index is 0.00446. The number of nitro benzene ring substituents is 1. The number of aromatic amines is 1. The fraction of sp³-hybridized carbons (Fsp3) is 0.0909. The standard InChI is InChI=1S/C11H8N6O3/c1-6-9(14-16-13-6)11-12-10(15-20-11)7-2-4-8(5-3-7)17(18)19/h2-5H,1H3,(H,13,14,16). The van der Waals surface area contributed by atoms with E-state index in [4.69, 9.17) is 4.52 Å². The molecular weight excluding hydrogens is 264 g/mol. The number of H-pyrrole nitrogens is 1. The summed E-state index contributed by atoms with van der Waals surface area (Å²) in [5.74, 6) is 0.571. The number of rotatable bonds is 3. The molecule has 0 spiro atoms. The monoisotopic (exact) mass is 272 g/mol. The Morgan fingerprint density at radius 2 is 2.00 bits per heavy atom. The summed E-state index contributed by atoms with van der Waals surface area (Å²) in [5, 5.41) is 24.6. The van der Waals surface area contributed by atoms with Crippen LogP contribution in [0.1, 0.15) is 5.69 Å². The summed E-state index contributed by atoms with van der Waals surface area (Å²) in [6.45, 7) is 1.76. The Morgan fingerprint density at radius 1 is 1.25 bits per heavy atom. The van der Waals surface area contributed by atoms with Crippen molar-refractivity contribution in [3.63, 3.8) is 0 Å². The molecule has 3 aromatic rings. The summed E-state index contributed by atoms with van der Waals surface area (Å²) in [7, 11) is 0. The number of benzene rings is 1. The van der Waals surface area contributed by atoms with E-state index in [1.807, 2.05) is 0 Å². The lowest BCUT2D eigenvalue weighted by molar-refractivity contribution is -0.384. The van der Waals surface area contributed by atoms with E-state index in [2.05, 4.69) is 25.6 Å². The van der Waals surface area contributed by atoms with Gasteiger partial charge in [0.1, 0.15) is 0 Å². The third kappa shape index (κ3) is 2.00. The van der Waals surface area contributed by atoms with Crippen molar-refractivity contribution >= 4 is 5.69 Å².